The van der Waals surface area contributed by atoms with Crippen LogP contribution in [-0.2, 0) is 4.79 Å². The normalized spacial score (nSPS) is 12.0. The van der Waals surface area contributed by atoms with Crippen LogP contribution in [0.5, 0.6) is 5.75 Å². The molecule has 0 aromatic heterocycles. The molecule has 0 bridgehead atoms. The number of amides is 1. The first-order chi connectivity index (χ1) is 11.1. The topological polar surface area (TPSA) is 41.6 Å². The molecule has 1 unspecified atom stereocenters. The number of ether oxygens (including phenoxy) is 1. The van der Waals surface area contributed by atoms with E-state index in [0.29, 0.717) is 6.54 Å². The summed E-state index contributed by atoms with van der Waals surface area (Å²) in [7, 11) is 1.62. The Kier molecular flexibility index (Phi) is 6.18. The Bertz CT molecular complexity index is 611. The van der Waals surface area contributed by atoms with Gasteiger partial charge in [-0.15, -0.1) is 0 Å². The van der Waals surface area contributed by atoms with Crippen molar-refractivity contribution < 1.29 is 9.53 Å². The van der Waals surface area contributed by atoms with Gasteiger partial charge in [0, 0.05) is 11.7 Å². The molecule has 0 radical (unpaired) electrons. The van der Waals surface area contributed by atoms with Crippen molar-refractivity contribution in [1.82, 2.24) is 4.90 Å². The molecule has 4 nitrogen and oxygen atoms in total. The lowest BCUT2D eigenvalue weighted by Crippen LogP contribution is -2.35. The second-order valence-corrected chi connectivity index (χ2v) is 5.43. The Hall–Kier alpha value is -2.33. The minimum Gasteiger partial charge on any atom is -0.497 e. The average molecular weight is 312 g/mol. The number of rotatable bonds is 7. The van der Waals surface area contributed by atoms with E-state index in [2.05, 4.69) is 36.2 Å². The van der Waals surface area contributed by atoms with E-state index < -0.39 is 0 Å². The Morgan fingerprint density at radius 3 is 2.35 bits per heavy atom. The standard InChI is InChI=1S/C19H24N2O2/c1-4-21(15(2)16-8-6-5-7-9-16)14-19(22)20-17-10-12-18(23-3)13-11-17/h5-13,15H,4,14H2,1-3H3,(H,20,22). The fourth-order valence-electron chi connectivity index (χ4n) is 2.52. The van der Waals surface area contributed by atoms with Crippen LogP contribution in [0.4, 0.5) is 5.69 Å². The van der Waals surface area contributed by atoms with Crippen LogP contribution in [0.15, 0.2) is 54.6 Å². The molecule has 0 saturated carbocycles. The summed E-state index contributed by atoms with van der Waals surface area (Å²) in [6.45, 7) is 5.37. The summed E-state index contributed by atoms with van der Waals surface area (Å²) in [6.07, 6.45) is 0. The van der Waals surface area contributed by atoms with Gasteiger partial charge in [0.05, 0.1) is 13.7 Å². The van der Waals surface area contributed by atoms with Crippen LogP contribution in [0.1, 0.15) is 25.5 Å². The van der Waals surface area contributed by atoms with Crippen molar-refractivity contribution in [2.24, 2.45) is 0 Å². The minimum atomic E-state index is -0.0141. The van der Waals surface area contributed by atoms with Gasteiger partial charge >= 0.3 is 0 Å². The van der Waals surface area contributed by atoms with Gasteiger partial charge < -0.3 is 10.1 Å². The maximum Gasteiger partial charge on any atom is 0.238 e. The molecule has 1 atom stereocenters. The number of carbonyl (C=O) groups is 1. The Balaban J connectivity index is 1.96. The zero-order valence-corrected chi connectivity index (χ0v) is 14.0. The monoisotopic (exact) mass is 312 g/mol. The molecule has 0 aliphatic rings. The molecule has 1 amide bonds. The van der Waals surface area contributed by atoms with Crippen molar-refractivity contribution in [3.8, 4) is 5.75 Å². The van der Waals surface area contributed by atoms with E-state index in [0.717, 1.165) is 18.0 Å². The number of anilines is 1. The highest BCUT2D eigenvalue weighted by Crippen LogP contribution is 2.20. The molecular formula is C19H24N2O2. The lowest BCUT2D eigenvalue weighted by atomic mass is 10.1. The predicted octanol–water partition coefficient (Wildman–Crippen LogP) is 3.72. The first-order valence-electron chi connectivity index (χ1n) is 7.87. The predicted molar refractivity (Wildman–Crippen MR) is 93.7 cm³/mol. The van der Waals surface area contributed by atoms with Crippen LogP contribution < -0.4 is 10.1 Å². The van der Waals surface area contributed by atoms with Gasteiger partial charge in [0.25, 0.3) is 0 Å². The summed E-state index contributed by atoms with van der Waals surface area (Å²) in [5.41, 5.74) is 1.99. The van der Waals surface area contributed by atoms with E-state index >= 15 is 0 Å². The van der Waals surface area contributed by atoms with Crippen LogP contribution in [0, 0.1) is 0 Å². The summed E-state index contributed by atoms with van der Waals surface area (Å²) in [5, 5.41) is 2.93. The Morgan fingerprint density at radius 1 is 1.13 bits per heavy atom. The quantitative estimate of drug-likeness (QED) is 0.847. The zero-order valence-electron chi connectivity index (χ0n) is 14.0. The molecule has 122 valence electrons. The highest BCUT2D eigenvalue weighted by Gasteiger charge is 2.17. The highest BCUT2D eigenvalue weighted by atomic mass is 16.5. The third-order valence-electron chi connectivity index (χ3n) is 3.96. The lowest BCUT2D eigenvalue weighted by Gasteiger charge is -2.27. The van der Waals surface area contributed by atoms with Crippen LogP contribution in [0.25, 0.3) is 0 Å². The number of carbonyl (C=O) groups excluding carboxylic acids is 1. The van der Waals surface area contributed by atoms with Crippen molar-refractivity contribution in [3.63, 3.8) is 0 Å². The first-order valence-corrected chi connectivity index (χ1v) is 7.87. The van der Waals surface area contributed by atoms with Crippen LogP contribution in [-0.4, -0.2) is 31.0 Å². The molecule has 0 aliphatic carbocycles. The van der Waals surface area contributed by atoms with Crippen molar-refractivity contribution in [3.05, 3.63) is 60.2 Å². The lowest BCUT2D eigenvalue weighted by molar-refractivity contribution is -0.117. The third-order valence-corrected chi connectivity index (χ3v) is 3.96. The van der Waals surface area contributed by atoms with Gasteiger partial charge in [0.1, 0.15) is 5.75 Å². The molecule has 0 heterocycles. The van der Waals surface area contributed by atoms with Gasteiger partial charge in [-0.1, -0.05) is 37.3 Å². The van der Waals surface area contributed by atoms with E-state index in [4.69, 9.17) is 4.74 Å². The van der Waals surface area contributed by atoms with Gasteiger partial charge in [0.15, 0.2) is 0 Å². The molecule has 2 rings (SSSR count). The van der Waals surface area contributed by atoms with Crippen molar-refractivity contribution in [2.75, 3.05) is 25.5 Å². The molecule has 2 aromatic rings. The minimum absolute atomic E-state index is 0.0141. The van der Waals surface area contributed by atoms with Gasteiger partial charge in [-0.2, -0.15) is 0 Å². The van der Waals surface area contributed by atoms with Gasteiger partial charge in [-0.25, -0.2) is 0 Å². The molecule has 1 N–H and O–H groups in total. The van der Waals surface area contributed by atoms with E-state index in [-0.39, 0.29) is 11.9 Å². The molecule has 0 spiro atoms. The molecular weight excluding hydrogens is 288 g/mol. The van der Waals surface area contributed by atoms with Crippen LogP contribution in [0.3, 0.4) is 0 Å². The largest absolute Gasteiger partial charge is 0.497 e. The van der Waals surface area contributed by atoms with Crippen molar-refractivity contribution in [2.45, 2.75) is 19.9 Å². The summed E-state index contributed by atoms with van der Waals surface area (Å²) in [6, 6.07) is 17.8. The van der Waals surface area contributed by atoms with E-state index in [1.165, 1.54) is 5.56 Å². The molecule has 4 heteroatoms. The average Bonchev–Trinajstić information content (AvgIpc) is 2.60. The third kappa shape index (κ3) is 4.83. The van der Waals surface area contributed by atoms with Gasteiger partial charge in [-0.3, -0.25) is 9.69 Å². The molecule has 0 aliphatic heterocycles. The van der Waals surface area contributed by atoms with E-state index in [1.807, 2.05) is 42.5 Å². The molecule has 0 saturated heterocycles. The number of nitrogens with one attached hydrogen (secondary N) is 1. The van der Waals surface area contributed by atoms with E-state index in [9.17, 15) is 4.79 Å². The molecule has 2 aromatic carbocycles. The summed E-state index contributed by atoms with van der Waals surface area (Å²) in [5.74, 6) is 0.760. The molecule has 0 fully saturated rings. The first kappa shape index (κ1) is 17.0. The number of likely N-dealkylation sites (N-methyl/N-ethyl adjacent to an activating group) is 1. The van der Waals surface area contributed by atoms with Gasteiger partial charge in [-0.05, 0) is 43.3 Å². The Morgan fingerprint density at radius 2 is 1.78 bits per heavy atom. The Labute approximate surface area is 138 Å². The smallest absolute Gasteiger partial charge is 0.238 e. The van der Waals surface area contributed by atoms with Crippen LogP contribution in [0.2, 0.25) is 0 Å². The number of nitrogens with zero attached hydrogens (tertiary/aromatic N) is 1. The fourth-order valence-corrected chi connectivity index (χ4v) is 2.52. The number of hydrogen-bond acceptors (Lipinski definition) is 3. The molecule has 23 heavy (non-hydrogen) atoms. The highest BCUT2D eigenvalue weighted by molar-refractivity contribution is 5.92. The van der Waals surface area contributed by atoms with E-state index in [1.54, 1.807) is 7.11 Å². The summed E-state index contributed by atoms with van der Waals surface area (Å²) < 4.78 is 5.12. The van der Waals surface area contributed by atoms with Crippen LogP contribution >= 0.6 is 0 Å². The summed E-state index contributed by atoms with van der Waals surface area (Å²) >= 11 is 0. The zero-order chi connectivity index (χ0) is 16.7. The second-order valence-electron chi connectivity index (χ2n) is 5.43. The number of hydrogen-bond donors (Lipinski definition) is 1. The maximum absolute atomic E-state index is 12.3. The summed E-state index contributed by atoms with van der Waals surface area (Å²) in [4.78, 5) is 14.4. The maximum atomic E-state index is 12.3. The second kappa shape index (κ2) is 8.34. The SMILES string of the molecule is CCN(CC(=O)Nc1ccc(OC)cc1)C(C)c1ccccc1. The number of benzene rings is 2. The van der Waals surface area contributed by atoms with Gasteiger partial charge in [0.2, 0.25) is 5.91 Å². The number of methoxy groups -OCH3 is 1. The van der Waals surface area contributed by atoms with Crippen molar-refractivity contribution in [1.29, 1.82) is 0 Å². The van der Waals surface area contributed by atoms with Crippen molar-refractivity contribution >= 4 is 11.6 Å². The fraction of sp³-hybridized carbons (Fsp3) is 0.316.